The molecule has 2 heterocycles. The Bertz CT molecular complexity index is 464. The van der Waals surface area contributed by atoms with Crippen molar-refractivity contribution < 1.29 is 12.8 Å². The van der Waals surface area contributed by atoms with Gasteiger partial charge in [-0.2, -0.15) is 4.31 Å². The van der Waals surface area contributed by atoms with E-state index >= 15 is 0 Å². The summed E-state index contributed by atoms with van der Waals surface area (Å²) in [6.07, 6.45) is 4.57. The Morgan fingerprint density at radius 1 is 1.39 bits per heavy atom. The van der Waals surface area contributed by atoms with Crippen molar-refractivity contribution in [3.05, 3.63) is 24.2 Å². The third-order valence-corrected chi connectivity index (χ3v) is 4.64. The smallest absolute Gasteiger partial charge is 0.211 e. The van der Waals surface area contributed by atoms with Gasteiger partial charge in [-0.25, -0.2) is 8.42 Å². The molecule has 1 aliphatic heterocycles. The van der Waals surface area contributed by atoms with Crippen LogP contribution in [-0.2, 0) is 10.0 Å². The van der Waals surface area contributed by atoms with Crippen LogP contribution in [-0.4, -0.2) is 56.6 Å². The molecule has 0 aromatic carbocycles. The predicted molar refractivity (Wildman–Crippen MR) is 68.5 cm³/mol. The highest BCUT2D eigenvalue weighted by atomic mass is 32.2. The zero-order valence-electron chi connectivity index (χ0n) is 10.4. The SMILES string of the molecule is CS(=O)(=O)N1CCN(C(CN)c2ccoc2)CC1. The summed E-state index contributed by atoms with van der Waals surface area (Å²) in [7, 11) is -3.08. The van der Waals surface area contributed by atoms with E-state index < -0.39 is 10.0 Å². The minimum Gasteiger partial charge on any atom is -0.472 e. The maximum Gasteiger partial charge on any atom is 0.211 e. The van der Waals surface area contributed by atoms with Crippen LogP contribution in [0.4, 0.5) is 0 Å². The van der Waals surface area contributed by atoms with Crippen molar-refractivity contribution in [2.75, 3.05) is 39.0 Å². The fourth-order valence-electron chi connectivity index (χ4n) is 2.31. The van der Waals surface area contributed by atoms with Gasteiger partial charge < -0.3 is 10.2 Å². The normalized spacial score (nSPS) is 21.0. The van der Waals surface area contributed by atoms with E-state index in [4.69, 9.17) is 10.2 Å². The van der Waals surface area contributed by atoms with E-state index in [2.05, 4.69) is 4.90 Å². The summed E-state index contributed by atoms with van der Waals surface area (Å²) >= 11 is 0. The first kappa shape index (κ1) is 13.5. The molecule has 0 bridgehead atoms. The van der Waals surface area contributed by atoms with Gasteiger partial charge in [-0.3, -0.25) is 4.90 Å². The zero-order chi connectivity index (χ0) is 13.2. The first-order valence-electron chi connectivity index (χ1n) is 5.93. The van der Waals surface area contributed by atoms with Crippen molar-refractivity contribution in [2.45, 2.75) is 6.04 Å². The number of sulfonamides is 1. The first-order chi connectivity index (χ1) is 8.52. The molecular formula is C11H19N3O3S. The monoisotopic (exact) mass is 273 g/mol. The lowest BCUT2D eigenvalue weighted by Gasteiger charge is -2.37. The van der Waals surface area contributed by atoms with Gasteiger partial charge in [0.2, 0.25) is 10.0 Å². The van der Waals surface area contributed by atoms with Gasteiger partial charge in [0.05, 0.1) is 24.8 Å². The molecule has 102 valence electrons. The summed E-state index contributed by atoms with van der Waals surface area (Å²) < 4.78 is 29.4. The van der Waals surface area contributed by atoms with Crippen LogP contribution in [0.3, 0.4) is 0 Å². The van der Waals surface area contributed by atoms with Crippen LogP contribution < -0.4 is 5.73 Å². The molecule has 1 unspecified atom stereocenters. The van der Waals surface area contributed by atoms with Crippen LogP contribution in [0.1, 0.15) is 11.6 Å². The Morgan fingerprint density at radius 3 is 2.50 bits per heavy atom. The van der Waals surface area contributed by atoms with E-state index in [1.54, 1.807) is 12.5 Å². The summed E-state index contributed by atoms with van der Waals surface area (Å²) in [5, 5.41) is 0. The van der Waals surface area contributed by atoms with Crippen molar-refractivity contribution >= 4 is 10.0 Å². The highest BCUT2D eigenvalue weighted by Gasteiger charge is 2.28. The third kappa shape index (κ3) is 2.92. The van der Waals surface area contributed by atoms with Crippen LogP contribution in [0.15, 0.2) is 23.0 Å². The highest BCUT2D eigenvalue weighted by molar-refractivity contribution is 7.88. The number of nitrogens with zero attached hydrogens (tertiary/aromatic N) is 2. The van der Waals surface area contributed by atoms with E-state index in [9.17, 15) is 8.42 Å². The standard InChI is InChI=1S/C11H19N3O3S/c1-18(15,16)14-5-3-13(4-6-14)11(8-12)10-2-7-17-9-10/h2,7,9,11H,3-6,8,12H2,1H3. The molecule has 0 amide bonds. The fourth-order valence-corrected chi connectivity index (χ4v) is 3.13. The average Bonchev–Trinajstić information content (AvgIpc) is 2.83. The number of nitrogens with two attached hydrogens (primary N) is 1. The average molecular weight is 273 g/mol. The van der Waals surface area contributed by atoms with Gasteiger partial charge in [0, 0.05) is 38.3 Å². The summed E-state index contributed by atoms with van der Waals surface area (Å²) in [4.78, 5) is 2.20. The van der Waals surface area contributed by atoms with Crippen LogP contribution in [0.2, 0.25) is 0 Å². The van der Waals surface area contributed by atoms with Crippen LogP contribution in [0.25, 0.3) is 0 Å². The highest BCUT2D eigenvalue weighted by Crippen LogP contribution is 2.22. The van der Waals surface area contributed by atoms with Gasteiger partial charge in [0.25, 0.3) is 0 Å². The van der Waals surface area contributed by atoms with Gasteiger partial charge in [0.1, 0.15) is 0 Å². The van der Waals surface area contributed by atoms with Gasteiger partial charge in [-0.05, 0) is 6.07 Å². The zero-order valence-corrected chi connectivity index (χ0v) is 11.3. The van der Waals surface area contributed by atoms with Crippen molar-refractivity contribution in [1.29, 1.82) is 0 Å². The van der Waals surface area contributed by atoms with Crippen molar-refractivity contribution in [3.8, 4) is 0 Å². The lowest BCUT2D eigenvalue weighted by atomic mass is 10.1. The third-order valence-electron chi connectivity index (χ3n) is 3.33. The number of piperazine rings is 1. The summed E-state index contributed by atoms with van der Waals surface area (Å²) in [5.74, 6) is 0. The van der Waals surface area contributed by atoms with Gasteiger partial charge in [-0.15, -0.1) is 0 Å². The second-order valence-electron chi connectivity index (χ2n) is 4.51. The molecule has 1 aromatic heterocycles. The van der Waals surface area contributed by atoms with Crippen LogP contribution >= 0.6 is 0 Å². The molecule has 0 aliphatic carbocycles. The van der Waals surface area contributed by atoms with Gasteiger partial charge in [0.15, 0.2) is 0 Å². The molecule has 1 atom stereocenters. The van der Waals surface area contributed by atoms with E-state index in [1.807, 2.05) is 6.07 Å². The molecule has 1 saturated heterocycles. The van der Waals surface area contributed by atoms with Crippen molar-refractivity contribution in [1.82, 2.24) is 9.21 Å². The summed E-state index contributed by atoms with van der Waals surface area (Å²) in [6.45, 7) is 2.93. The summed E-state index contributed by atoms with van der Waals surface area (Å²) in [5.41, 5.74) is 6.85. The largest absolute Gasteiger partial charge is 0.472 e. The molecule has 2 rings (SSSR count). The molecular weight excluding hydrogens is 254 g/mol. The fraction of sp³-hybridized carbons (Fsp3) is 0.636. The lowest BCUT2D eigenvalue weighted by molar-refractivity contribution is 0.140. The minimum absolute atomic E-state index is 0.102. The Balaban J connectivity index is 2.01. The lowest BCUT2D eigenvalue weighted by Crippen LogP contribution is -2.50. The molecule has 1 aliphatic rings. The quantitative estimate of drug-likeness (QED) is 0.825. The molecule has 0 spiro atoms. The van der Waals surface area contributed by atoms with E-state index in [-0.39, 0.29) is 6.04 Å². The molecule has 18 heavy (non-hydrogen) atoms. The molecule has 6 nitrogen and oxygen atoms in total. The van der Waals surface area contributed by atoms with Crippen LogP contribution in [0, 0.1) is 0 Å². The Morgan fingerprint density at radius 2 is 2.06 bits per heavy atom. The molecule has 0 saturated carbocycles. The van der Waals surface area contributed by atoms with E-state index in [0.29, 0.717) is 32.7 Å². The molecule has 0 radical (unpaired) electrons. The van der Waals surface area contributed by atoms with Crippen molar-refractivity contribution in [2.24, 2.45) is 5.73 Å². The molecule has 7 heteroatoms. The molecule has 1 aromatic rings. The number of furan rings is 1. The van der Waals surface area contributed by atoms with E-state index in [0.717, 1.165) is 5.56 Å². The Labute approximate surface area is 107 Å². The maximum absolute atomic E-state index is 11.4. The number of hydrogen-bond acceptors (Lipinski definition) is 5. The van der Waals surface area contributed by atoms with Crippen LogP contribution in [0.5, 0.6) is 0 Å². The molecule has 1 fully saturated rings. The second kappa shape index (κ2) is 5.40. The first-order valence-corrected chi connectivity index (χ1v) is 7.78. The van der Waals surface area contributed by atoms with Gasteiger partial charge in [-0.1, -0.05) is 0 Å². The second-order valence-corrected chi connectivity index (χ2v) is 6.49. The minimum atomic E-state index is -3.08. The molecule has 2 N–H and O–H groups in total. The predicted octanol–water partition coefficient (Wildman–Crippen LogP) is -0.143. The summed E-state index contributed by atoms with van der Waals surface area (Å²) in [6, 6.07) is 2.01. The number of hydrogen-bond donors (Lipinski definition) is 1. The Hall–Kier alpha value is -0.890. The van der Waals surface area contributed by atoms with Crippen molar-refractivity contribution in [3.63, 3.8) is 0 Å². The topological polar surface area (TPSA) is 79.8 Å². The van der Waals surface area contributed by atoms with Gasteiger partial charge >= 0.3 is 0 Å². The van der Waals surface area contributed by atoms with E-state index in [1.165, 1.54) is 10.6 Å². The Kier molecular flexibility index (Phi) is 4.06. The number of rotatable bonds is 4. The maximum atomic E-state index is 11.4.